The maximum Gasteiger partial charge on any atom is 0.234 e. The molecule has 0 unspecified atom stereocenters. The van der Waals surface area contributed by atoms with Crippen molar-refractivity contribution in [1.29, 1.82) is 5.26 Å². The van der Waals surface area contributed by atoms with Crippen molar-refractivity contribution in [2.45, 2.75) is 26.7 Å². The van der Waals surface area contributed by atoms with Crippen molar-refractivity contribution in [3.8, 4) is 6.07 Å². The Hall–Kier alpha value is -3.01. The van der Waals surface area contributed by atoms with Crippen LogP contribution in [0.1, 0.15) is 30.9 Å². The van der Waals surface area contributed by atoms with Crippen LogP contribution >= 0.6 is 23.4 Å². The molecule has 1 amide bonds. The SMILES string of the molecule is CC(=O)C1=C(C)NC(SCC(=O)Nc2cccc(C)c2)=C(C#N)[C@@H]1c1ccc(Cl)cc1. The van der Waals surface area contributed by atoms with E-state index in [2.05, 4.69) is 16.7 Å². The van der Waals surface area contributed by atoms with Gasteiger partial charge in [-0.25, -0.2) is 0 Å². The number of rotatable bonds is 6. The monoisotopic (exact) mass is 451 g/mol. The number of dihydropyridines is 1. The highest BCUT2D eigenvalue weighted by Crippen LogP contribution is 2.41. The fourth-order valence-corrected chi connectivity index (χ4v) is 4.56. The second-order valence-corrected chi connectivity index (χ2v) is 8.69. The van der Waals surface area contributed by atoms with Gasteiger partial charge in [0.05, 0.1) is 28.3 Å². The Morgan fingerprint density at radius 1 is 1.19 bits per heavy atom. The van der Waals surface area contributed by atoms with Gasteiger partial charge in [-0.15, -0.1) is 0 Å². The molecule has 0 fully saturated rings. The zero-order chi connectivity index (χ0) is 22.5. The summed E-state index contributed by atoms with van der Waals surface area (Å²) in [5.74, 6) is -0.677. The van der Waals surface area contributed by atoms with E-state index in [4.69, 9.17) is 11.6 Å². The number of halogens is 1. The fourth-order valence-electron chi connectivity index (χ4n) is 3.54. The number of ketones is 1. The Kier molecular flexibility index (Phi) is 7.21. The summed E-state index contributed by atoms with van der Waals surface area (Å²) in [4.78, 5) is 24.9. The van der Waals surface area contributed by atoms with Gasteiger partial charge in [-0.1, -0.05) is 47.6 Å². The molecular formula is C24H22ClN3O2S. The van der Waals surface area contributed by atoms with Crippen LogP contribution in [-0.4, -0.2) is 17.4 Å². The molecule has 1 aliphatic rings. The summed E-state index contributed by atoms with van der Waals surface area (Å²) in [7, 11) is 0. The minimum atomic E-state index is -0.511. The first-order chi connectivity index (χ1) is 14.8. The molecule has 3 rings (SSSR count). The Labute approximate surface area is 191 Å². The highest BCUT2D eigenvalue weighted by molar-refractivity contribution is 8.03. The Morgan fingerprint density at radius 2 is 1.90 bits per heavy atom. The minimum Gasteiger partial charge on any atom is -0.353 e. The zero-order valence-electron chi connectivity index (χ0n) is 17.5. The van der Waals surface area contributed by atoms with E-state index in [1.807, 2.05) is 43.3 Å². The number of benzene rings is 2. The predicted molar refractivity (Wildman–Crippen MR) is 126 cm³/mol. The van der Waals surface area contributed by atoms with Crippen LogP contribution in [-0.2, 0) is 9.59 Å². The number of anilines is 1. The fraction of sp³-hybridized carbons (Fsp3) is 0.208. The third-order valence-corrected chi connectivity index (χ3v) is 6.15. The Bertz CT molecular complexity index is 1130. The van der Waals surface area contributed by atoms with Gasteiger partial charge >= 0.3 is 0 Å². The third kappa shape index (κ3) is 5.38. The van der Waals surface area contributed by atoms with E-state index >= 15 is 0 Å². The van der Waals surface area contributed by atoms with E-state index in [1.165, 1.54) is 18.7 Å². The number of nitrogens with zero attached hydrogens (tertiary/aromatic N) is 1. The van der Waals surface area contributed by atoms with Crippen LogP contribution in [0.4, 0.5) is 5.69 Å². The van der Waals surface area contributed by atoms with Gasteiger partial charge < -0.3 is 10.6 Å². The number of hydrogen-bond donors (Lipinski definition) is 2. The van der Waals surface area contributed by atoms with Gasteiger partial charge in [0.15, 0.2) is 5.78 Å². The largest absolute Gasteiger partial charge is 0.353 e. The number of Topliss-reactive ketones (excluding diaryl/α,β-unsaturated/α-hetero) is 1. The molecule has 0 saturated heterocycles. The predicted octanol–water partition coefficient (Wildman–Crippen LogP) is 5.31. The number of amides is 1. The van der Waals surface area contributed by atoms with Crippen LogP contribution in [0.5, 0.6) is 0 Å². The highest BCUT2D eigenvalue weighted by atomic mass is 35.5. The van der Waals surface area contributed by atoms with Crippen molar-refractivity contribution in [3.63, 3.8) is 0 Å². The number of hydrogen-bond acceptors (Lipinski definition) is 5. The second kappa shape index (κ2) is 9.86. The number of thioether (sulfide) groups is 1. The van der Waals surface area contributed by atoms with Crippen LogP contribution in [0.3, 0.4) is 0 Å². The molecule has 2 aromatic carbocycles. The molecule has 0 bridgehead atoms. The topological polar surface area (TPSA) is 82.0 Å². The number of carbonyl (C=O) groups is 2. The molecule has 2 aromatic rings. The summed E-state index contributed by atoms with van der Waals surface area (Å²) < 4.78 is 0. The lowest BCUT2D eigenvalue weighted by Gasteiger charge is -2.29. The quantitative estimate of drug-likeness (QED) is 0.622. The Morgan fingerprint density at radius 3 is 2.52 bits per heavy atom. The lowest BCUT2D eigenvalue weighted by Crippen LogP contribution is -2.27. The molecule has 0 aliphatic carbocycles. The normalized spacial score (nSPS) is 15.9. The van der Waals surface area contributed by atoms with Crippen molar-refractivity contribution in [2.24, 2.45) is 0 Å². The van der Waals surface area contributed by atoms with E-state index in [-0.39, 0.29) is 17.4 Å². The summed E-state index contributed by atoms with van der Waals surface area (Å²) in [6.07, 6.45) is 0. The second-order valence-electron chi connectivity index (χ2n) is 7.27. The minimum absolute atomic E-state index is 0.112. The van der Waals surface area contributed by atoms with Crippen molar-refractivity contribution in [3.05, 3.63) is 86.6 Å². The molecule has 5 nitrogen and oxygen atoms in total. The van der Waals surface area contributed by atoms with Gasteiger partial charge in [0, 0.05) is 22.0 Å². The van der Waals surface area contributed by atoms with Crippen molar-refractivity contribution in [2.75, 3.05) is 11.1 Å². The molecule has 1 aliphatic heterocycles. The van der Waals surface area contributed by atoms with Gasteiger partial charge in [0.25, 0.3) is 0 Å². The molecule has 1 atom stereocenters. The molecule has 2 N–H and O–H groups in total. The first-order valence-corrected chi connectivity index (χ1v) is 11.0. The smallest absolute Gasteiger partial charge is 0.234 e. The summed E-state index contributed by atoms with van der Waals surface area (Å²) >= 11 is 7.26. The van der Waals surface area contributed by atoms with Crippen molar-refractivity contribution < 1.29 is 9.59 Å². The van der Waals surface area contributed by atoms with Gasteiger partial charge in [0.1, 0.15) is 0 Å². The highest BCUT2D eigenvalue weighted by Gasteiger charge is 2.33. The van der Waals surface area contributed by atoms with Crippen LogP contribution in [0, 0.1) is 18.3 Å². The van der Waals surface area contributed by atoms with E-state index in [0.29, 0.717) is 26.9 Å². The molecule has 0 aromatic heterocycles. The standard InChI is InChI=1S/C24H22ClN3O2S/c1-14-5-4-6-19(11-14)28-21(30)13-31-24-20(12-26)23(17-7-9-18(25)10-8-17)22(16(3)29)15(2)27-24/h4-11,23,27H,13H2,1-3H3,(H,28,30)/t23-/m0/s1. The maximum absolute atomic E-state index is 12.5. The molecular weight excluding hydrogens is 430 g/mol. The molecule has 158 valence electrons. The summed E-state index contributed by atoms with van der Waals surface area (Å²) in [6.45, 7) is 5.26. The van der Waals surface area contributed by atoms with E-state index < -0.39 is 5.92 Å². The molecule has 1 heterocycles. The molecule has 0 spiro atoms. The number of aryl methyl sites for hydroxylation is 1. The van der Waals surface area contributed by atoms with Gasteiger partial charge in [-0.3, -0.25) is 9.59 Å². The van der Waals surface area contributed by atoms with E-state index in [0.717, 1.165) is 16.8 Å². The first-order valence-electron chi connectivity index (χ1n) is 9.68. The average Bonchev–Trinajstić information content (AvgIpc) is 2.72. The average molecular weight is 452 g/mol. The summed E-state index contributed by atoms with van der Waals surface area (Å²) in [5, 5.41) is 17.1. The number of carbonyl (C=O) groups excluding carboxylic acids is 2. The summed E-state index contributed by atoms with van der Waals surface area (Å²) in [6, 6.07) is 16.9. The van der Waals surface area contributed by atoms with Gasteiger partial charge in [0.2, 0.25) is 5.91 Å². The van der Waals surface area contributed by atoms with Crippen LogP contribution in [0.2, 0.25) is 5.02 Å². The van der Waals surface area contributed by atoms with Crippen LogP contribution < -0.4 is 10.6 Å². The molecule has 31 heavy (non-hydrogen) atoms. The molecule has 0 saturated carbocycles. The maximum atomic E-state index is 12.5. The third-order valence-electron chi connectivity index (χ3n) is 4.88. The van der Waals surface area contributed by atoms with Crippen LogP contribution in [0.15, 0.2) is 70.4 Å². The summed E-state index contributed by atoms with van der Waals surface area (Å²) in [5.41, 5.74) is 4.20. The van der Waals surface area contributed by atoms with Crippen molar-refractivity contribution in [1.82, 2.24) is 5.32 Å². The zero-order valence-corrected chi connectivity index (χ0v) is 19.0. The first kappa shape index (κ1) is 22.7. The van der Waals surface area contributed by atoms with Gasteiger partial charge in [-0.2, -0.15) is 5.26 Å². The van der Waals surface area contributed by atoms with E-state index in [9.17, 15) is 14.9 Å². The van der Waals surface area contributed by atoms with Gasteiger partial charge in [-0.05, 0) is 56.2 Å². The molecule has 0 radical (unpaired) electrons. The molecule has 7 heteroatoms. The lowest BCUT2D eigenvalue weighted by molar-refractivity contribution is -0.114. The van der Waals surface area contributed by atoms with Crippen molar-refractivity contribution >= 4 is 40.7 Å². The number of nitrogens with one attached hydrogen (secondary N) is 2. The number of nitriles is 1. The Balaban J connectivity index is 1.87. The van der Waals surface area contributed by atoms with E-state index in [1.54, 1.807) is 19.1 Å². The number of allylic oxidation sites excluding steroid dienone is 3. The lowest BCUT2D eigenvalue weighted by atomic mass is 9.81. The van der Waals surface area contributed by atoms with Crippen LogP contribution in [0.25, 0.3) is 0 Å².